The largest absolute Gasteiger partial charge is 0.352 e. The fraction of sp³-hybridized carbons (Fsp3) is 0.900. The Kier molecular flexibility index (Phi) is 2.50. The van der Waals surface area contributed by atoms with Gasteiger partial charge in [-0.2, -0.15) is 0 Å². The van der Waals surface area contributed by atoms with E-state index in [2.05, 4.69) is 5.32 Å². The second-order valence-corrected chi connectivity index (χ2v) is 5.01. The maximum absolute atomic E-state index is 11.1. The number of carbonyl (C=O) groups excluding carboxylic acids is 1. The molecule has 0 aromatic carbocycles. The zero-order valence-corrected chi connectivity index (χ0v) is 8.57. The Morgan fingerprint density at radius 1 is 1.31 bits per heavy atom. The van der Waals surface area contributed by atoms with E-state index in [1.54, 1.807) is 0 Å². The van der Waals surface area contributed by atoms with Crippen molar-refractivity contribution in [3.63, 3.8) is 0 Å². The molecular formula is C10H16ClNO. The average Bonchev–Trinajstić information content (AvgIpc) is 2.54. The SMILES string of the molecule is O=C1CCC(C2(Cl)CCCCC2)N1. The Morgan fingerprint density at radius 3 is 2.54 bits per heavy atom. The topological polar surface area (TPSA) is 29.1 Å². The summed E-state index contributed by atoms with van der Waals surface area (Å²) in [6, 6.07) is 0.238. The molecule has 74 valence electrons. The molecule has 0 bridgehead atoms. The highest BCUT2D eigenvalue weighted by atomic mass is 35.5. The number of amides is 1. The van der Waals surface area contributed by atoms with E-state index >= 15 is 0 Å². The van der Waals surface area contributed by atoms with Crippen LogP contribution in [-0.4, -0.2) is 16.8 Å². The van der Waals surface area contributed by atoms with Crippen LogP contribution in [0.5, 0.6) is 0 Å². The van der Waals surface area contributed by atoms with E-state index in [4.69, 9.17) is 11.6 Å². The maximum Gasteiger partial charge on any atom is 0.220 e. The van der Waals surface area contributed by atoms with Crippen LogP contribution >= 0.6 is 11.6 Å². The van der Waals surface area contributed by atoms with E-state index < -0.39 is 0 Å². The van der Waals surface area contributed by atoms with Crippen LogP contribution in [0.1, 0.15) is 44.9 Å². The Bertz CT molecular complexity index is 211. The molecule has 1 aliphatic heterocycles. The monoisotopic (exact) mass is 201 g/mol. The van der Waals surface area contributed by atoms with Crippen molar-refractivity contribution < 1.29 is 4.79 Å². The molecule has 1 atom stereocenters. The molecule has 2 aliphatic rings. The first kappa shape index (κ1) is 9.32. The number of hydrogen-bond donors (Lipinski definition) is 1. The van der Waals surface area contributed by atoms with Crippen molar-refractivity contribution in [2.75, 3.05) is 0 Å². The fourth-order valence-corrected chi connectivity index (χ4v) is 2.92. The van der Waals surface area contributed by atoms with Crippen LogP contribution in [0, 0.1) is 0 Å². The molecule has 0 radical (unpaired) electrons. The Labute approximate surface area is 84.0 Å². The lowest BCUT2D eigenvalue weighted by molar-refractivity contribution is -0.119. The number of nitrogens with one attached hydrogen (secondary N) is 1. The third-order valence-corrected chi connectivity index (χ3v) is 3.95. The predicted octanol–water partition coefficient (Wildman–Crippen LogP) is 2.21. The van der Waals surface area contributed by atoms with Crippen molar-refractivity contribution in [1.82, 2.24) is 5.32 Å². The molecule has 13 heavy (non-hydrogen) atoms. The molecule has 1 N–H and O–H groups in total. The van der Waals surface area contributed by atoms with Crippen molar-refractivity contribution in [2.45, 2.75) is 55.9 Å². The number of carbonyl (C=O) groups is 1. The summed E-state index contributed by atoms with van der Waals surface area (Å²) in [4.78, 5) is 10.9. The van der Waals surface area contributed by atoms with Gasteiger partial charge in [-0.3, -0.25) is 4.79 Å². The molecule has 0 aromatic heterocycles. The second-order valence-electron chi connectivity index (χ2n) is 4.25. The Morgan fingerprint density at radius 2 is 2.00 bits per heavy atom. The number of alkyl halides is 1. The van der Waals surface area contributed by atoms with Gasteiger partial charge in [0.15, 0.2) is 0 Å². The van der Waals surface area contributed by atoms with Gasteiger partial charge >= 0.3 is 0 Å². The Hall–Kier alpha value is -0.240. The normalized spacial score (nSPS) is 33.0. The molecule has 2 nitrogen and oxygen atoms in total. The van der Waals surface area contributed by atoms with Gasteiger partial charge < -0.3 is 5.32 Å². The molecule has 1 saturated carbocycles. The smallest absolute Gasteiger partial charge is 0.220 e. The molecule has 1 unspecified atom stereocenters. The lowest BCUT2D eigenvalue weighted by atomic mass is 9.82. The first-order valence-electron chi connectivity index (χ1n) is 5.19. The van der Waals surface area contributed by atoms with E-state index in [1.165, 1.54) is 19.3 Å². The highest BCUT2D eigenvalue weighted by Gasteiger charge is 2.41. The molecule has 1 amide bonds. The molecule has 0 spiro atoms. The lowest BCUT2D eigenvalue weighted by Gasteiger charge is -2.36. The van der Waals surface area contributed by atoms with E-state index in [-0.39, 0.29) is 16.8 Å². The van der Waals surface area contributed by atoms with Crippen LogP contribution in [-0.2, 0) is 4.79 Å². The number of halogens is 1. The van der Waals surface area contributed by atoms with Gasteiger partial charge in [-0.1, -0.05) is 19.3 Å². The maximum atomic E-state index is 11.1. The van der Waals surface area contributed by atoms with Crippen molar-refractivity contribution in [2.24, 2.45) is 0 Å². The van der Waals surface area contributed by atoms with Crippen LogP contribution in [0.3, 0.4) is 0 Å². The summed E-state index contributed by atoms with van der Waals surface area (Å²) in [6.07, 6.45) is 7.47. The third kappa shape index (κ3) is 1.83. The summed E-state index contributed by atoms with van der Waals surface area (Å²) in [5.74, 6) is 0.176. The van der Waals surface area contributed by atoms with Gasteiger partial charge in [0.1, 0.15) is 0 Å². The minimum Gasteiger partial charge on any atom is -0.352 e. The van der Waals surface area contributed by atoms with Gasteiger partial charge in [0.2, 0.25) is 5.91 Å². The Balaban J connectivity index is 2.01. The number of rotatable bonds is 1. The second kappa shape index (κ2) is 3.49. The van der Waals surface area contributed by atoms with Gasteiger partial charge in [-0.25, -0.2) is 0 Å². The van der Waals surface area contributed by atoms with E-state index in [0.717, 1.165) is 19.3 Å². The van der Waals surface area contributed by atoms with Gasteiger partial charge in [-0.15, -0.1) is 11.6 Å². The molecule has 2 rings (SSSR count). The van der Waals surface area contributed by atoms with Crippen LogP contribution in [0.2, 0.25) is 0 Å². The molecule has 0 aromatic rings. The highest BCUT2D eigenvalue weighted by Crippen LogP contribution is 2.39. The number of hydrogen-bond acceptors (Lipinski definition) is 1. The standard InChI is InChI=1S/C10H16ClNO/c11-10(6-2-1-3-7-10)8-4-5-9(13)12-8/h8H,1-7H2,(H,12,13). The summed E-state index contributed by atoms with van der Waals surface area (Å²) in [5, 5.41) is 2.99. The molecule has 1 aliphatic carbocycles. The van der Waals surface area contributed by atoms with Crippen molar-refractivity contribution in [3.8, 4) is 0 Å². The van der Waals surface area contributed by atoms with Crippen LogP contribution in [0.25, 0.3) is 0 Å². The minimum absolute atomic E-state index is 0.121. The summed E-state index contributed by atoms with van der Waals surface area (Å²) in [6.45, 7) is 0. The average molecular weight is 202 g/mol. The van der Waals surface area contributed by atoms with Gasteiger partial charge in [0.25, 0.3) is 0 Å². The summed E-state index contributed by atoms with van der Waals surface area (Å²) < 4.78 is 0. The third-order valence-electron chi connectivity index (χ3n) is 3.30. The zero-order valence-electron chi connectivity index (χ0n) is 7.81. The van der Waals surface area contributed by atoms with Crippen molar-refractivity contribution in [1.29, 1.82) is 0 Å². The molecular weight excluding hydrogens is 186 g/mol. The summed E-state index contributed by atoms with van der Waals surface area (Å²) in [5.41, 5.74) is 0. The van der Waals surface area contributed by atoms with Gasteiger partial charge in [0.05, 0.1) is 4.87 Å². The predicted molar refractivity (Wildman–Crippen MR) is 52.8 cm³/mol. The highest BCUT2D eigenvalue weighted by molar-refractivity contribution is 6.24. The minimum atomic E-state index is -0.121. The van der Waals surface area contributed by atoms with Crippen LogP contribution in [0.15, 0.2) is 0 Å². The molecule has 2 fully saturated rings. The molecule has 1 saturated heterocycles. The first-order valence-corrected chi connectivity index (χ1v) is 5.57. The summed E-state index contributed by atoms with van der Waals surface area (Å²) in [7, 11) is 0. The first-order chi connectivity index (χ1) is 6.21. The molecule has 1 heterocycles. The van der Waals surface area contributed by atoms with Gasteiger partial charge in [-0.05, 0) is 19.3 Å². The van der Waals surface area contributed by atoms with Crippen molar-refractivity contribution >= 4 is 17.5 Å². The quantitative estimate of drug-likeness (QED) is 0.648. The van der Waals surface area contributed by atoms with E-state index in [1.807, 2.05) is 0 Å². The van der Waals surface area contributed by atoms with E-state index in [9.17, 15) is 4.79 Å². The zero-order chi connectivity index (χ0) is 9.31. The van der Waals surface area contributed by atoms with Crippen LogP contribution < -0.4 is 5.32 Å². The van der Waals surface area contributed by atoms with Crippen molar-refractivity contribution in [3.05, 3.63) is 0 Å². The summed E-state index contributed by atoms with van der Waals surface area (Å²) >= 11 is 6.53. The lowest BCUT2D eigenvalue weighted by Crippen LogP contribution is -2.45. The van der Waals surface area contributed by atoms with E-state index in [0.29, 0.717) is 6.42 Å². The molecule has 3 heteroatoms. The fourth-order valence-electron chi connectivity index (χ4n) is 2.49. The van der Waals surface area contributed by atoms with Gasteiger partial charge in [0, 0.05) is 12.5 Å². The van der Waals surface area contributed by atoms with Crippen LogP contribution in [0.4, 0.5) is 0 Å².